The summed E-state index contributed by atoms with van der Waals surface area (Å²) < 4.78 is 12.6. The molecule has 0 spiro atoms. The van der Waals surface area contributed by atoms with Crippen LogP contribution >= 0.6 is 11.8 Å². The van der Waals surface area contributed by atoms with Crippen molar-refractivity contribution in [2.45, 2.75) is 24.3 Å². The van der Waals surface area contributed by atoms with E-state index in [1.165, 1.54) is 11.8 Å². The molecule has 0 radical (unpaired) electrons. The smallest absolute Gasteiger partial charge is 0.220 e. The van der Waals surface area contributed by atoms with Crippen molar-refractivity contribution in [2.75, 3.05) is 20.8 Å². The van der Waals surface area contributed by atoms with E-state index in [1.54, 1.807) is 32.4 Å². The van der Waals surface area contributed by atoms with Gasteiger partial charge in [0.2, 0.25) is 6.54 Å². The van der Waals surface area contributed by atoms with E-state index in [-0.39, 0.29) is 11.5 Å². The predicted octanol–water partition coefficient (Wildman–Crippen LogP) is 4.01. The van der Waals surface area contributed by atoms with Crippen LogP contribution in [-0.4, -0.2) is 40.5 Å². The molecule has 1 aromatic heterocycles. The molecule has 3 rings (SSSR count). The Kier molecular flexibility index (Phi) is 6.38. The molecule has 0 aliphatic rings. The van der Waals surface area contributed by atoms with Gasteiger partial charge in [0, 0.05) is 16.2 Å². The molecule has 0 N–H and O–H groups in total. The number of aryl methyl sites for hydroxylation is 2. The molecule has 0 aliphatic heterocycles. The van der Waals surface area contributed by atoms with E-state index in [4.69, 9.17) is 9.47 Å². The molecule has 0 saturated carbocycles. The molecule has 1 atom stereocenters. The lowest BCUT2D eigenvalue weighted by Gasteiger charge is -2.17. The molecule has 1 heterocycles. The number of benzene rings is 2. The molecule has 9 heteroatoms. The third-order valence-electron chi connectivity index (χ3n) is 4.40. The fourth-order valence-electron chi connectivity index (χ4n) is 3.04. The van der Waals surface area contributed by atoms with Crippen LogP contribution in [0.4, 0.5) is 0 Å². The van der Waals surface area contributed by atoms with Gasteiger partial charge in [0.1, 0.15) is 22.6 Å². The van der Waals surface area contributed by atoms with Gasteiger partial charge in [-0.25, -0.2) is 0 Å². The van der Waals surface area contributed by atoms with Gasteiger partial charge < -0.3 is 9.47 Å². The Bertz CT molecular complexity index is 1020. The second kappa shape index (κ2) is 8.95. The SMILES string of the molecule is COc1ccc(OC)c([C@H](C[N+](=O)[O-])Sc2nnc(C)n2-c2cccc(C)c2)c1. The number of ether oxygens (including phenoxy) is 2. The van der Waals surface area contributed by atoms with Crippen LogP contribution in [-0.2, 0) is 0 Å². The Morgan fingerprint density at radius 2 is 1.93 bits per heavy atom. The number of methoxy groups -OCH3 is 2. The normalized spacial score (nSPS) is 11.9. The number of hydrogen-bond donors (Lipinski definition) is 0. The minimum absolute atomic E-state index is 0.298. The summed E-state index contributed by atoms with van der Waals surface area (Å²) in [7, 11) is 3.09. The third-order valence-corrected chi connectivity index (χ3v) is 5.56. The minimum atomic E-state index is -0.540. The summed E-state index contributed by atoms with van der Waals surface area (Å²) >= 11 is 1.28. The van der Waals surface area contributed by atoms with Crippen LogP contribution in [0.2, 0.25) is 0 Å². The van der Waals surface area contributed by atoms with Gasteiger partial charge in [-0.05, 0) is 49.7 Å². The lowest BCUT2D eigenvalue weighted by Crippen LogP contribution is -2.12. The average Bonchev–Trinajstić information content (AvgIpc) is 3.06. The van der Waals surface area contributed by atoms with Crippen molar-refractivity contribution in [1.29, 1.82) is 0 Å². The van der Waals surface area contributed by atoms with Gasteiger partial charge in [0.15, 0.2) is 5.16 Å². The first kappa shape index (κ1) is 20.7. The predicted molar refractivity (Wildman–Crippen MR) is 111 cm³/mol. The van der Waals surface area contributed by atoms with Crippen molar-refractivity contribution < 1.29 is 14.4 Å². The minimum Gasteiger partial charge on any atom is -0.497 e. The van der Waals surface area contributed by atoms with Crippen LogP contribution in [0.5, 0.6) is 11.5 Å². The van der Waals surface area contributed by atoms with Gasteiger partial charge in [-0.2, -0.15) is 0 Å². The molecule has 0 bridgehead atoms. The molecule has 0 amide bonds. The van der Waals surface area contributed by atoms with E-state index in [1.807, 2.05) is 42.7 Å². The average molecular weight is 414 g/mol. The zero-order chi connectivity index (χ0) is 21.0. The number of nitrogens with zero attached hydrogens (tertiary/aromatic N) is 4. The molecule has 29 heavy (non-hydrogen) atoms. The standard InChI is InChI=1S/C20H22N4O4S/c1-13-6-5-7-15(10-13)24-14(2)21-22-20(24)29-19(12-23(25)26)17-11-16(27-3)8-9-18(17)28-4/h5-11,19H,12H2,1-4H3/t19-/m0/s1. The summed E-state index contributed by atoms with van der Waals surface area (Å²) in [6, 6.07) is 13.2. The highest BCUT2D eigenvalue weighted by atomic mass is 32.2. The van der Waals surface area contributed by atoms with Crippen molar-refractivity contribution in [3.8, 4) is 17.2 Å². The molecule has 2 aromatic carbocycles. The molecular weight excluding hydrogens is 392 g/mol. The van der Waals surface area contributed by atoms with Crippen molar-refractivity contribution in [3.05, 3.63) is 69.5 Å². The van der Waals surface area contributed by atoms with Crippen LogP contribution in [0.15, 0.2) is 47.6 Å². The first-order valence-electron chi connectivity index (χ1n) is 8.92. The lowest BCUT2D eigenvalue weighted by atomic mass is 10.1. The zero-order valence-corrected chi connectivity index (χ0v) is 17.5. The lowest BCUT2D eigenvalue weighted by molar-refractivity contribution is -0.479. The van der Waals surface area contributed by atoms with Crippen molar-refractivity contribution in [3.63, 3.8) is 0 Å². The summed E-state index contributed by atoms with van der Waals surface area (Å²) in [4.78, 5) is 11.1. The number of nitro groups is 1. The van der Waals surface area contributed by atoms with E-state index in [0.717, 1.165) is 11.3 Å². The maximum Gasteiger partial charge on any atom is 0.220 e. The maximum atomic E-state index is 11.4. The Morgan fingerprint density at radius 3 is 2.59 bits per heavy atom. The van der Waals surface area contributed by atoms with Gasteiger partial charge in [-0.3, -0.25) is 14.7 Å². The number of hydrogen-bond acceptors (Lipinski definition) is 7. The van der Waals surface area contributed by atoms with E-state index in [0.29, 0.717) is 28.0 Å². The summed E-state index contributed by atoms with van der Waals surface area (Å²) in [6.07, 6.45) is 0. The summed E-state index contributed by atoms with van der Waals surface area (Å²) in [5, 5.41) is 19.9. The number of thioether (sulfide) groups is 1. The third kappa shape index (κ3) is 4.68. The maximum absolute atomic E-state index is 11.4. The van der Waals surface area contributed by atoms with Crippen LogP contribution in [0.25, 0.3) is 5.69 Å². The highest BCUT2D eigenvalue weighted by molar-refractivity contribution is 7.99. The van der Waals surface area contributed by atoms with Crippen molar-refractivity contribution in [2.24, 2.45) is 0 Å². The fourth-order valence-corrected chi connectivity index (χ4v) is 4.23. The Labute approximate surface area is 173 Å². The van der Waals surface area contributed by atoms with Gasteiger partial charge in [-0.1, -0.05) is 23.9 Å². The van der Waals surface area contributed by atoms with Gasteiger partial charge in [-0.15, -0.1) is 10.2 Å². The second-order valence-electron chi connectivity index (χ2n) is 6.43. The molecule has 0 saturated heterocycles. The number of aromatic nitrogens is 3. The van der Waals surface area contributed by atoms with Crippen LogP contribution in [0.1, 0.15) is 22.2 Å². The van der Waals surface area contributed by atoms with E-state index in [9.17, 15) is 10.1 Å². The highest BCUT2D eigenvalue weighted by Crippen LogP contribution is 2.41. The highest BCUT2D eigenvalue weighted by Gasteiger charge is 2.27. The largest absolute Gasteiger partial charge is 0.497 e. The Morgan fingerprint density at radius 1 is 1.14 bits per heavy atom. The quantitative estimate of drug-likeness (QED) is 0.312. The molecule has 0 fully saturated rings. The van der Waals surface area contributed by atoms with Crippen molar-refractivity contribution >= 4 is 11.8 Å². The van der Waals surface area contributed by atoms with Crippen molar-refractivity contribution in [1.82, 2.24) is 14.8 Å². The Hall–Kier alpha value is -3.07. The fraction of sp³-hybridized carbons (Fsp3) is 0.300. The Balaban J connectivity index is 2.05. The van der Waals surface area contributed by atoms with E-state index in [2.05, 4.69) is 10.2 Å². The molecule has 152 valence electrons. The molecule has 8 nitrogen and oxygen atoms in total. The van der Waals surface area contributed by atoms with Gasteiger partial charge in [0.25, 0.3) is 0 Å². The first-order chi connectivity index (χ1) is 13.9. The van der Waals surface area contributed by atoms with Gasteiger partial charge >= 0.3 is 0 Å². The molecule has 0 aliphatic carbocycles. The van der Waals surface area contributed by atoms with Crippen LogP contribution < -0.4 is 9.47 Å². The number of rotatable bonds is 8. The van der Waals surface area contributed by atoms with Crippen LogP contribution in [0, 0.1) is 24.0 Å². The zero-order valence-electron chi connectivity index (χ0n) is 16.7. The van der Waals surface area contributed by atoms with E-state index >= 15 is 0 Å². The first-order valence-corrected chi connectivity index (χ1v) is 9.80. The summed E-state index contributed by atoms with van der Waals surface area (Å²) in [6.45, 7) is 3.56. The van der Waals surface area contributed by atoms with Gasteiger partial charge in [0.05, 0.1) is 14.2 Å². The second-order valence-corrected chi connectivity index (χ2v) is 7.60. The monoisotopic (exact) mass is 414 g/mol. The molecule has 0 unspecified atom stereocenters. The molecule has 3 aromatic rings. The molecular formula is C20H22N4O4S. The van der Waals surface area contributed by atoms with Crippen LogP contribution in [0.3, 0.4) is 0 Å². The topological polar surface area (TPSA) is 92.3 Å². The van der Waals surface area contributed by atoms with E-state index < -0.39 is 5.25 Å². The summed E-state index contributed by atoms with van der Waals surface area (Å²) in [5.74, 6) is 1.87. The summed E-state index contributed by atoms with van der Waals surface area (Å²) in [5.41, 5.74) is 2.68.